The lowest BCUT2D eigenvalue weighted by Crippen LogP contribution is -2.38. The monoisotopic (exact) mass is 188 g/mol. The molecule has 2 nitrogen and oxygen atoms in total. The van der Waals surface area contributed by atoms with E-state index in [0.29, 0.717) is 0 Å². The predicted molar refractivity (Wildman–Crippen MR) is 55.6 cm³/mol. The lowest BCUT2D eigenvalue weighted by molar-refractivity contribution is -0.0318. The van der Waals surface area contributed by atoms with Gasteiger partial charge in [-0.1, -0.05) is 33.6 Å². The van der Waals surface area contributed by atoms with Crippen LogP contribution in [0.25, 0.3) is 0 Å². The van der Waals surface area contributed by atoms with Crippen molar-refractivity contribution in [1.29, 1.82) is 0 Å². The van der Waals surface area contributed by atoms with Gasteiger partial charge in [-0.25, -0.2) is 0 Å². The zero-order valence-corrected chi connectivity index (χ0v) is 9.21. The Morgan fingerprint density at radius 2 is 1.77 bits per heavy atom. The van der Waals surface area contributed by atoms with E-state index in [2.05, 4.69) is 13.8 Å². The molecule has 2 heteroatoms. The number of rotatable bonds is 7. The number of aliphatic hydroxyl groups is 2. The average Bonchev–Trinajstić information content (AvgIpc) is 2.14. The molecule has 0 aromatic carbocycles. The molecule has 2 atom stereocenters. The number of hydrogen-bond donors (Lipinski definition) is 2. The Kier molecular flexibility index (Phi) is 6.35. The topological polar surface area (TPSA) is 40.5 Å². The molecule has 0 aromatic rings. The molecule has 0 heterocycles. The normalized spacial score (nSPS) is 18.2. The smallest absolute Gasteiger partial charge is 0.0618 e. The van der Waals surface area contributed by atoms with Crippen molar-refractivity contribution in [1.82, 2.24) is 0 Å². The largest absolute Gasteiger partial charge is 0.396 e. The predicted octanol–water partition coefficient (Wildman–Crippen LogP) is 2.34. The van der Waals surface area contributed by atoms with Crippen LogP contribution in [0.4, 0.5) is 0 Å². The van der Waals surface area contributed by atoms with Crippen molar-refractivity contribution in [3.8, 4) is 0 Å². The highest BCUT2D eigenvalue weighted by Crippen LogP contribution is 2.33. The van der Waals surface area contributed by atoms with Crippen molar-refractivity contribution in [2.45, 2.75) is 59.0 Å². The molecule has 2 N–H and O–H groups in total. The summed E-state index contributed by atoms with van der Waals surface area (Å²) in [5.74, 6) is 0. The molecule has 0 radical (unpaired) electrons. The summed E-state index contributed by atoms with van der Waals surface area (Å²) >= 11 is 0. The van der Waals surface area contributed by atoms with Crippen LogP contribution in [0.15, 0.2) is 0 Å². The van der Waals surface area contributed by atoms with E-state index in [1.807, 2.05) is 6.92 Å². The van der Waals surface area contributed by atoms with Gasteiger partial charge in [0.1, 0.15) is 0 Å². The second-order valence-corrected chi connectivity index (χ2v) is 3.93. The molecule has 13 heavy (non-hydrogen) atoms. The van der Waals surface area contributed by atoms with Crippen LogP contribution in [0, 0.1) is 5.41 Å². The summed E-state index contributed by atoms with van der Waals surface area (Å²) in [4.78, 5) is 0. The maximum atomic E-state index is 9.93. The standard InChI is InChI=1S/C11H24O2/c1-4-7-10(13)11(6-3,9-12)8-5-2/h10,12-13H,4-9H2,1-3H3. The maximum absolute atomic E-state index is 9.93. The Hall–Kier alpha value is -0.0800. The fourth-order valence-electron chi connectivity index (χ4n) is 1.95. The van der Waals surface area contributed by atoms with Gasteiger partial charge in [0, 0.05) is 5.41 Å². The van der Waals surface area contributed by atoms with Crippen molar-refractivity contribution in [3.63, 3.8) is 0 Å². The fraction of sp³-hybridized carbons (Fsp3) is 1.00. The zero-order chi connectivity index (χ0) is 10.3. The number of hydrogen-bond acceptors (Lipinski definition) is 2. The van der Waals surface area contributed by atoms with Crippen molar-refractivity contribution >= 4 is 0 Å². The Balaban J connectivity index is 4.33. The lowest BCUT2D eigenvalue weighted by atomic mass is 9.75. The second-order valence-electron chi connectivity index (χ2n) is 3.93. The third-order valence-corrected chi connectivity index (χ3v) is 3.04. The van der Waals surface area contributed by atoms with Gasteiger partial charge in [-0.05, 0) is 19.3 Å². The van der Waals surface area contributed by atoms with Gasteiger partial charge in [-0.2, -0.15) is 0 Å². The third-order valence-electron chi connectivity index (χ3n) is 3.04. The number of aliphatic hydroxyl groups excluding tert-OH is 2. The van der Waals surface area contributed by atoms with E-state index < -0.39 is 0 Å². The van der Waals surface area contributed by atoms with Gasteiger partial charge in [0.25, 0.3) is 0 Å². The summed E-state index contributed by atoms with van der Waals surface area (Å²) in [6.07, 6.45) is 4.24. The first kappa shape index (κ1) is 12.9. The van der Waals surface area contributed by atoms with E-state index in [-0.39, 0.29) is 18.1 Å². The maximum Gasteiger partial charge on any atom is 0.0618 e. The molecule has 0 saturated heterocycles. The van der Waals surface area contributed by atoms with Gasteiger partial charge in [0.05, 0.1) is 12.7 Å². The molecule has 0 fully saturated rings. The van der Waals surface area contributed by atoms with E-state index in [0.717, 1.165) is 32.1 Å². The van der Waals surface area contributed by atoms with E-state index in [1.54, 1.807) is 0 Å². The first-order chi connectivity index (χ1) is 6.16. The Labute approximate surface area is 82.0 Å². The van der Waals surface area contributed by atoms with Crippen LogP contribution in [0.3, 0.4) is 0 Å². The van der Waals surface area contributed by atoms with Gasteiger partial charge in [0.15, 0.2) is 0 Å². The molecule has 0 aliphatic carbocycles. The van der Waals surface area contributed by atoms with Crippen LogP contribution in [-0.2, 0) is 0 Å². The van der Waals surface area contributed by atoms with Gasteiger partial charge in [-0.15, -0.1) is 0 Å². The van der Waals surface area contributed by atoms with Crippen LogP contribution in [0.1, 0.15) is 52.9 Å². The fourth-order valence-corrected chi connectivity index (χ4v) is 1.95. The summed E-state index contributed by atoms with van der Waals surface area (Å²) in [6, 6.07) is 0. The van der Waals surface area contributed by atoms with Gasteiger partial charge in [-0.3, -0.25) is 0 Å². The highest BCUT2D eigenvalue weighted by atomic mass is 16.3. The molecular formula is C11H24O2. The molecule has 0 spiro atoms. The molecule has 0 saturated carbocycles. The van der Waals surface area contributed by atoms with Crippen LogP contribution in [-0.4, -0.2) is 22.9 Å². The molecule has 2 unspecified atom stereocenters. The van der Waals surface area contributed by atoms with Crippen molar-refractivity contribution in [2.75, 3.05) is 6.61 Å². The van der Waals surface area contributed by atoms with Crippen molar-refractivity contribution < 1.29 is 10.2 Å². The van der Waals surface area contributed by atoms with Crippen LogP contribution in [0.2, 0.25) is 0 Å². The molecule has 80 valence electrons. The quantitative estimate of drug-likeness (QED) is 0.644. The molecule has 0 aliphatic rings. The minimum atomic E-state index is -0.340. The average molecular weight is 188 g/mol. The van der Waals surface area contributed by atoms with Gasteiger partial charge < -0.3 is 10.2 Å². The molecule has 0 aliphatic heterocycles. The summed E-state index contributed by atoms with van der Waals surface area (Å²) < 4.78 is 0. The van der Waals surface area contributed by atoms with Crippen molar-refractivity contribution in [2.24, 2.45) is 5.41 Å². The van der Waals surface area contributed by atoms with E-state index in [9.17, 15) is 10.2 Å². The molecule has 0 bridgehead atoms. The highest BCUT2D eigenvalue weighted by molar-refractivity contribution is 4.84. The first-order valence-electron chi connectivity index (χ1n) is 5.45. The van der Waals surface area contributed by atoms with E-state index in [1.165, 1.54) is 0 Å². The zero-order valence-electron chi connectivity index (χ0n) is 9.21. The lowest BCUT2D eigenvalue weighted by Gasteiger charge is -2.35. The summed E-state index contributed by atoms with van der Waals surface area (Å²) in [5.41, 5.74) is -0.245. The van der Waals surface area contributed by atoms with E-state index in [4.69, 9.17) is 0 Å². The summed E-state index contributed by atoms with van der Waals surface area (Å²) in [5, 5.41) is 19.3. The second kappa shape index (κ2) is 6.39. The van der Waals surface area contributed by atoms with E-state index >= 15 is 0 Å². The summed E-state index contributed by atoms with van der Waals surface area (Å²) in [7, 11) is 0. The van der Waals surface area contributed by atoms with Crippen LogP contribution >= 0.6 is 0 Å². The SMILES string of the molecule is CCCC(O)C(CC)(CO)CCC. The molecule has 0 aromatic heterocycles. The van der Waals surface area contributed by atoms with Gasteiger partial charge >= 0.3 is 0 Å². The highest BCUT2D eigenvalue weighted by Gasteiger charge is 2.33. The third kappa shape index (κ3) is 3.28. The first-order valence-corrected chi connectivity index (χ1v) is 5.45. The Bertz CT molecular complexity index is 119. The minimum absolute atomic E-state index is 0.110. The van der Waals surface area contributed by atoms with Crippen LogP contribution in [0.5, 0.6) is 0 Å². The van der Waals surface area contributed by atoms with Crippen molar-refractivity contribution in [3.05, 3.63) is 0 Å². The van der Waals surface area contributed by atoms with Gasteiger partial charge in [0.2, 0.25) is 0 Å². The Morgan fingerprint density at radius 3 is 2.08 bits per heavy atom. The minimum Gasteiger partial charge on any atom is -0.396 e. The van der Waals surface area contributed by atoms with Crippen LogP contribution < -0.4 is 0 Å². The molecular weight excluding hydrogens is 164 g/mol. The Morgan fingerprint density at radius 1 is 1.15 bits per heavy atom. The summed E-state index contributed by atoms with van der Waals surface area (Å²) in [6.45, 7) is 6.31. The molecule has 0 rings (SSSR count). The molecule has 0 amide bonds.